The van der Waals surface area contributed by atoms with Crippen LogP contribution in [-0.4, -0.2) is 15.2 Å². The Morgan fingerprint density at radius 2 is 2.00 bits per heavy atom. The molecule has 3 N–H and O–H groups in total. The van der Waals surface area contributed by atoms with Gasteiger partial charge in [-0.05, 0) is 24.3 Å². The Labute approximate surface area is 145 Å². The number of pyridine rings is 1. The Balaban J connectivity index is 2.22. The summed E-state index contributed by atoms with van der Waals surface area (Å²) in [5, 5.41) is 15.0. The average Bonchev–Trinajstić information content (AvgIpc) is 3.00. The van der Waals surface area contributed by atoms with Gasteiger partial charge < -0.3 is 15.4 Å². The van der Waals surface area contributed by atoms with Gasteiger partial charge in [-0.1, -0.05) is 32.0 Å². The van der Waals surface area contributed by atoms with Gasteiger partial charge in [0.15, 0.2) is 5.76 Å². The number of aliphatic hydroxyl groups excluding tert-OH is 1. The highest BCUT2D eigenvalue weighted by molar-refractivity contribution is 5.67. The molecule has 3 aromatic rings. The van der Waals surface area contributed by atoms with Gasteiger partial charge >= 0.3 is 0 Å². The van der Waals surface area contributed by atoms with Crippen LogP contribution in [0.5, 0.6) is 0 Å². The summed E-state index contributed by atoms with van der Waals surface area (Å²) in [5.41, 5.74) is 7.32. The Morgan fingerprint density at radius 1 is 1.24 bits per heavy atom. The molecule has 1 atom stereocenters. The number of nitrogen functional groups attached to an aromatic ring is 1. The van der Waals surface area contributed by atoms with Crippen LogP contribution >= 0.6 is 0 Å². The molecule has 6 heteroatoms. The summed E-state index contributed by atoms with van der Waals surface area (Å²) < 4.78 is 19.9. The number of anilines is 1. The Kier molecular flexibility index (Phi) is 4.30. The van der Waals surface area contributed by atoms with Crippen molar-refractivity contribution >= 4 is 5.69 Å². The van der Waals surface area contributed by atoms with Gasteiger partial charge in [0.25, 0.3) is 0 Å². The van der Waals surface area contributed by atoms with Crippen molar-refractivity contribution in [1.82, 2.24) is 10.1 Å². The number of nitrogens with two attached hydrogens (primary N) is 1. The van der Waals surface area contributed by atoms with E-state index in [2.05, 4.69) is 10.1 Å². The van der Waals surface area contributed by atoms with Gasteiger partial charge in [0.05, 0.1) is 16.8 Å². The summed E-state index contributed by atoms with van der Waals surface area (Å²) in [7, 11) is 0. The fourth-order valence-electron chi connectivity index (χ4n) is 2.71. The number of halogens is 1. The minimum atomic E-state index is -1.04. The van der Waals surface area contributed by atoms with Crippen molar-refractivity contribution in [1.29, 1.82) is 0 Å². The minimum absolute atomic E-state index is 0.193. The van der Waals surface area contributed by atoms with Crippen molar-refractivity contribution in [2.45, 2.75) is 32.3 Å². The molecule has 1 unspecified atom stereocenters. The molecule has 0 saturated heterocycles. The zero-order valence-electron chi connectivity index (χ0n) is 14.3. The fraction of sp³-hybridized carbons (Fsp3) is 0.263. The highest BCUT2D eigenvalue weighted by Gasteiger charge is 2.32. The van der Waals surface area contributed by atoms with E-state index in [1.807, 2.05) is 20.8 Å². The monoisotopic (exact) mass is 341 g/mol. The second-order valence-corrected chi connectivity index (χ2v) is 6.95. The lowest BCUT2D eigenvalue weighted by Gasteiger charge is -2.20. The molecular formula is C19H20FN3O2. The first kappa shape index (κ1) is 17.1. The first-order chi connectivity index (χ1) is 11.8. The molecule has 0 amide bonds. The number of aromatic nitrogens is 2. The van der Waals surface area contributed by atoms with Crippen LogP contribution in [0.2, 0.25) is 0 Å². The molecule has 25 heavy (non-hydrogen) atoms. The Bertz CT molecular complexity index is 885. The maximum Gasteiger partial charge on any atom is 0.176 e. The molecule has 0 radical (unpaired) electrons. The quantitative estimate of drug-likeness (QED) is 0.707. The number of hydrogen-bond donors (Lipinski definition) is 2. The highest BCUT2D eigenvalue weighted by atomic mass is 19.1. The van der Waals surface area contributed by atoms with Crippen molar-refractivity contribution in [3.8, 4) is 11.3 Å². The zero-order chi connectivity index (χ0) is 18.2. The molecule has 0 aliphatic rings. The summed E-state index contributed by atoms with van der Waals surface area (Å²) in [5.74, 6) is -0.338. The average molecular weight is 341 g/mol. The van der Waals surface area contributed by atoms with Crippen molar-refractivity contribution in [2.24, 2.45) is 0 Å². The summed E-state index contributed by atoms with van der Waals surface area (Å²) >= 11 is 0. The lowest BCUT2D eigenvalue weighted by molar-refractivity contribution is 0.217. The molecule has 2 heterocycles. The van der Waals surface area contributed by atoms with E-state index in [1.165, 1.54) is 12.1 Å². The third-order valence-corrected chi connectivity index (χ3v) is 3.95. The SMILES string of the molecule is CC(C)(C)c1noc(-c2ccc(N)cc2F)c1C(O)c1cccnc1. The predicted octanol–water partition coefficient (Wildman–Crippen LogP) is 3.84. The first-order valence-electron chi connectivity index (χ1n) is 7.92. The second kappa shape index (κ2) is 6.29. The van der Waals surface area contributed by atoms with Gasteiger partial charge in [0.2, 0.25) is 0 Å². The molecule has 130 valence electrons. The predicted molar refractivity (Wildman–Crippen MR) is 93.3 cm³/mol. The molecule has 0 bridgehead atoms. The van der Waals surface area contributed by atoms with Crippen molar-refractivity contribution in [3.63, 3.8) is 0 Å². The third kappa shape index (κ3) is 3.25. The van der Waals surface area contributed by atoms with E-state index in [9.17, 15) is 9.50 Å². The van der Waals surface area contributed by atoms with Crippen LogP contribution in [0.15, 0.2) is 47.2 Å². The van der Waals surface area contributed by atoms with Crippen LogP contribution in [0.25, 0.3) is 11.3 Å². The summed E-state index contributed by atoms with van der Waals surface area (Å²) in [6.45, 7) is 5.86. The van der Waals surface area contributed by atoms with Crippen LogP contribution in [0, 0.1) is 5.82 Å². The fourth-order valence-corrected chi connectivity index (χ4v) is 2.71. The first-order valence-corrected chi connectivity index (χ1v) is 7.92. The second-order valence-electron chi connectivity index (χ2n) is 6.95. The van der Waals surface area contributed by atoms with E-state index in [4.69, 9.17) is 10.3 Å². The summed E-state index contributed by atoms with van der Waals surface area (Å²) in [4.78, 5) is 4.04. The number of nitrogens with zero attached hydrogens (tertiary/aromatic N) is 2. The van der Waals surface area contributed by atoms with E-state index in [0.29, 0.717) is 22.5 Å². The van der Waals surface area contributed by atoms with E-state index in [1.54, 1.807) is 30.6 Å². The lowest BCUT2D eigenvalue weighted by Crippen LogP contribution is -2.16. The molecule has 0 spiro atoms. The van der Waals surface area contributed by atoms with E-state index in [0.717, 1.165) is 0 Å². The normalized spacial score (nSPS) is 13.0. The third-order valence-electron chi connectivity index (χ3n) is 3.95. The molecule has 0 fully saturated rings. The lowest BCUT2D eigenvalue weighted by atomic mass is 9.85. The molecule has 3 rings (SSSR count). The molecule has 1 aromatic carbocycles. The number of aliphatic hydroxyl groups is 1. The zero-order valence-corrected chi connectivity index (χ0v) is 14.3. The van der Waals surface area contributed by atoms with Gasteiger partial charge in [-0.2, -0.15) is 0 Å². The largest absolute Gasteiger partial charge is 0.399 e. The van der Waals surface area contributed by atoms with Crippen LogP contribution in [-0.2, 0) is 5.41 Å². The number of benzene rings is 1. The minimum Gasteiger partial charge on any atom is -0.399 e. The van der Waals surface area contributed by atoms with Gasteiger partial charge in [0.1, 0.15) is 11.9 Å². The topological polar surface area (TPSA) is 85.2 Å². The van der Waals surface area contributed by atoms with Crippen molar-refractivity contribution in [2.75, 3.05) is 5.73 Å². The van der Waals surface area contributed by atoms with Crippen LogP contribution in [0.1, 0.15) is 43.7 Å². The number of rotatable bonds is 3. The Morgan fingerprint density at radius 3 is 2.60 bits per heavy atom. The number of hydrogen-bond acceptors (Lipinski definition) is 5. The van der Waals surface area contributed by atoms with Gasteiger partial charge in [-0.25, -0.2) is 4.39 Å². The molecular weight excluding hydrogens is 321 g/mol. The summed E-state index contributed by atoms with van der Waals surface area (Å²) in [6.07, 6.45) is 2.14. The standard InChI is InChI=1S/C19H20FN3O2/c1-19(2,3)18-15(16(24)11-5-4-8-22-10-11)17(25-23-18)13-7-6-12(21)9-14(13)20/h4-10,16,24H,21H2,1-3H3. The van der Waals surface area contributed by atoms with Crippen LogP contribution in [0.3, 0.4) is 0 Å². The molecule has 5 nitrogen and oxygen atoms in total. The van der Waals surface area contributed by atoms with Gasteiger partial charge in [0, 0.05) is 29.1 Å². The van der Waals surface area contributed by atoms with Crippen molar-refractivity contribution in [3.05, 3.63) is 65.4 Å². The van der Waals surface area contributed by atoms with Gasteiger partial charge in [-0.15, -0.1) is 0 Å². The smallest absolute Gasteiger partial charge is 0.176 e. The van der Waals surface area contributed by atoms with Crippen LogP contribution < -0.4 is 5.73 Å². The Hall–Kier alpha value is -2.73. The van der Waals surface area contributed by atoms with E-state index >= 15 is 0 Å². The maximum absolute atomic E-state index is 14.4. The maximum atomic E-state index is 14.4. The molecule has 0 saturated carbocycles. The molecule has 0 aliphatic heterocycles. The molecule has 2 aromatic heterocycles. The van der Waals surface area contributed by atoms with Crippen molar-refractivity contribution < 1.29 is 14.0 Å². The molecule has 0 aliphatic carbocycles. The summed E-state index contributed by atoms with van der Waals surface area (Å²) in [6, 6.07) is 7.80. The van der Waals surface area contributed by atoms with Crippen LogP contribution in [0.4, 0.5) is 10.1 Å². The van der Waals surface area contributed by atoms with Gasteiger partial charge in [-0.3, -0.25) is 4.98 Å². The van der Waals surface area contributed by atoms with E-state index < -0.39 is 17.3 Å². The highest BCUT2D eigenvalue weighted by Crippen LogP contribution is 2.40. The van der Waals surface area contributed by atoms with E-state index in [-0.39, 0.29) is 11.3 Å².